The number of hydrogen-bond donors (Lipinski definition) is 0. The molecule has 0 saturated heterocycles. The quantitative estimate of drug-likeness (QED) is 0.807. The Labute approximate surface area is 127 Å². The van der Waals surface area contributed by atoms with Crippen molar-refractivity contribution in [2.75, 3.05) is 0 Å². The van der Waals surface area contributed by atoms with Crippen LogP contribution in [0.15, 0.2) is 42.6 Å². The molecule has 3 rings (SSSR count). The molecule has 0 aliphatic heterocycles. The van der Waals surface area contributed by atoms with Crippen LogP contribution >= 0.6 is 11.6 Å². The molecule has 0 N–H and O–H groups in total. The van der Waals surface area contributed by atoms with E-state index in [1.807, 2.05) is 6.07 Å². The van der Waals surface area contributed by atoms with Gasteiger partial charge in [-0.15, -0.1) is 0 Å². The van der Waals surface area contributed by atoms with Crippen molar-refractivity contribution in [3.63, 3.8) is 0 Å². The lowest BCUT2D eigenvalue weighted by Crippen LogP contribution is -2.33. The van der Waals surface area contributed by atoms with Crippen LogP contribution in [0.4, 0.5) is 4.39 Å². The van der Waals surface area contributed by atoms with Gasteiger partial charge in [0.1, 0.15) is 11.0 Å². The lowest BCUT2D eigenvalue weighted by molar-refractivity contribution is 0.0729. The molecule has 21 heavy (non-hydrogen) atoms. The summed E-state index contributed by atoms with van der Waals surface area (Å²) in [6, 6.07) is 9.87. The van der Waals surface area contributed by atoms with Gasteiger partial charge in [-0.25, -0.2) is 9.37 Å². The largest absolute Gasteiger partial charge is 0.331 e. The first-order valence-corrected chi connectivity index (χ1v) is 7.19. The average molecular weight is 305 g/mol. The van der Waals surface area contributed by atoms with Gasteiger partial charge in [-0.2, -0.15) is 0 Å². The van der Waals surface area contributed by atoms with E-state index in [0.29, 0.717) is 12.1 Å². The second-order valence-electron chi connectivity index (χ2n) is 5.14. The lowest BCUT2D eigenvalue weighted by atomic mass is 10.1. The first-order valence-electron chi connectivity index (χ1n) is 6.81. The molecule has 1 aromatic carbocycles. The van der Waals surface area contributed by atoms with Crippen molar-refractivity contribution in [1.29, 1.82) is 0 Å². The maximum Gasteiger partial charge on any atom is 0.257 e. The van der Waals surface area contributed by atoms with Gasteiger partial charge in [-0.1, -0.05) is 23.7 Å². The first-order chi connectivity index (χ1) is 10.1. The SMILES string of the molecule is O=C(c1cccnc1Cl)N(Cc1cccc(F)c1)C1CC1. The predicted octanol–water partition coefficient (Wildman–Crippen LogP) is 3.68. The Morgan fingerprint density at radius 3 is 2.81 bits per heavy atom. The fraction of sp³-hybridized carbons (Fsp3) is 0.250. The van der Waals surface area contributed by atoms with E-state index in [0.717, 1.165) is 18.4 Å². The highest BCUT2D eigenvalue weighted by atomic mass is 35.5. The minimum atomic E-state index is -0.296. The molecule has 1 saturated carbocycles. The summed E-state index contributed by atoms with van der Waals surface area (Å²) in [6.45, 7) is 0.381. The molecule has 1 amide bonds. The molecule has 0 atom stereocenters. The van der Waals surface area contributed by atoms with Crippen molar-refractivity contribution in [1.82, 2.24) is 9.88 Å². The summed E-state index contributed by atoms with van der Waals surface area (Å²) >= 11 is 6.00. The van der Waals surface area contributed by atoms with Crippen LogP contribution in [0.1, 0.15) is 28.8 Å². The van der Waals surface area contributed by atoms with E-state index in [9.17, 15) is 9.18 Å². The Bertz CT molecular complexity index is 673. The average Bonchev–Trinajstić information content (AvgIpc) is 3.29. The van der Waals surface area contributed by atoms with Crippen molar-refractivity contribution in [2.24, 2.45) is 0 Å². The van der Waals surface area contributed by atoms with Crippen molar-refractivity contribution in [3.05, 3.63) is 64.7 Å². The van der Waals surface area contributed by atoms with Gasteiger partial charge in [0, 0.05) is 18.8 Å². The number of hydrogen-bond acceptors (Lipinski definition) is 2. The van der Waals surface area contributed by atoms with Crippen molar-refractivity contribution < 1.29 is 9.18 Å². The second kappa shape index (κ2) is 5.82. The minimum Gasteiger partial charge on any atom is -0.331 e. The molecule has 1 fully saturated rings. The van der Waals surface area contributed by atoms with Gasteiger partial charge in [0.25, 0.3) is 5.91 Å². The standard InChI is InChI=1S/C16H14ClFN2O/c17-15-14(5-2-8-19-15)16(21)20(13-6-7-13)10-11-3-1-4-12(18)9-11/h1-5,8-9,13H,6-7,10H2. The highest BCUT2D eigenvalue weighted by molar-refractivity contribution is 6.32. The summed E-state index contributed by atoms with van der Waals surface area (Å²) < 4.78 is 13.3. The Morgan fingerprint density at radius 1 is 1.33 bits per heavy atom. The smallest absolute Gasteiger partial charge is 0.257 e. The third-order valence-electron chi connectivity index (χ3n) is 3.48. The Hall–Kier alpha value is -1.94. The monoisotopic (exact) mass is 304 g/mol. The van der Waals surface area contributed by atoms with Crippen LogP contribution in [0.3, 0.4) is 0 Å². The summed E-state index contributed by atoms with van der Waals surface area (Å²) in [6.07, 6.45) is 3.49. The zero-order chi connectivity index (χ0) is 14.8. The highest BCUT2D eigenvalue weighted by Gasteiger charge is 2.33. The summed E-state index contributed by atoms with van der Waals surface area (Å²) in [5.41, 5.74) is 1.16. The normalized spacial score (nSPS) is 14.0. The Kier molecular flexibility index (Phi) is 3.88. The topological polar surface area (TPSA) is 33.2 Å². The van der Waals surface area contributed by atoms with Gasteiger partial charge >= 0.3 is 0 Å². The Morgan fingerprint density at radius 2 is 2.14 bits per heavy atom. The van der Waals surface area contributed by atoms with Crippen LogP contribution in [0.25, 0.3) is 0 Å². The molecule has 0 spiro atoms. The van der Waals surface area contributed by atoms with Gasteiger partial charge in [-0.3, -0.25) is 4.79 Å². The molecule has 1 aromatic heterocycles. The van der Waals surface area contributed by atoms with Crippen LogP contribution in [-0.4, -0.2) is 21.8 Å². The summed E-state index contributed by atoms with van der Waals surface area (Å²) in [7, 11) is 0. The van der Waals surface area contributed by atoms with Crippen LogP contribution in [-0.2, 0) is 6.54 Å². The number of pyridine rings is 1. The summed E-state index contributed by atoms with van der Waals surface area (Å²) in [4.78, 5) is 18.3. The molecule has 1 heterocycles. The third-order valence-corrected chi connectivity index (χ3v) is 3.78. The van der Waals surface area contributed by atoms with Gasteiger partial charge < -0.3 is 4.90 Å². The number of benzene rings is 1. The Balaban J connectivity index is 1.85. The maximum absolute atomic E-state index is 13.3. The van der Waals surface area contributed by atoms with Crippen molar-refractivity contribution >= 4 is 17.5 Å². The van der Waals surface area contributed by atoms with Crippen LogP contribution < -0.4 is 0 Å². The first kappa shape index (κ1) is 14.0. The fourth-order valence-electron chi connectivity index (χ4n) is 2.29. The molecule has 1 aliphatic carbocycles. The number of aromatic nitrogens is 1. The number of halogens is 2. The molecule has 0 bridgehead atoms. The number of nitrogens with zero attached hydrogens (tertiary/aromatic N) is 2. The fourth-order valence-corrected chi connectivity index (χ4v) is 2.49. The van der Waals surface area contributed by atoms with Crippen molar-refractivity contribution in [2.45, 2.75) is 25.4 Å². The molecular weight excluding hydrogens is 291 g/mol. The number of amides is 1. The van der Waals surface area contributed by atoms with Gasteiger partial charge in [0.05, 0.1) is 5.56 Å². The zero-order valence-electron chi connectivity index (χ0n) is 11.3. The van der Waals surface area contributed by atoms with Crippen LogP contribution in [0.5, 0.6) is 0 Å². The van der Waals surface area contributed by atoms with E-state index in [1.165, 1.54) is 12.1 Å². The van der Waals surface area contributed by atoms with Crippen LogP contribution in [0, 0.1) is 5.82 Å². The van der Waals surface area contributed by atoms with E-state index in [4.69, 9.17) is 11.6 Å². The molecular formula is C16H14ClFN2O. The summed E-state index contributed by atoms with van der Waals surface area (Å²) in [5, 5.41) is 0.201. The van der Waals surface area contributed by atoms with Gasteiger partial charge in [0.2, 0.25) is 0 Å². The molecule has 0 unspecified atom stereocenters. The summed E-state index contributed by atoms with van der Waals surface area (Å²) in [5.74, 6) is -0.449. The maximum atomic E-state index is 13.3. The third kappa shape index (κ3) is 3.22. The number of rotatable bonds is 4. The van der Waals surface area contributed by atoms with Crippen molar-refractivity contribution in [3.8, 4) is 0 Å². The van der Waals surface area contributed by atoms with E-state index in [-0.39, 0.29) is 22.9 Å². The van der Waals surface area contributed by atoms with Crippen LogP contribution in [0.2, 0.25) is 5.15 Å². The van der Waals surface area contributed by atoms with Gasteiger partial charge in [-0.05, 0) is 42.7 Å². The van der Waals surface area contributed by atoms with E-state index < -0.39 is 0 Å². The molecule has 1 aliphatic rings. The van der Waals surface area contributed by atoms with E-state index in [2.05, 4.69) is 4.98 Å². The zero-order valence-corrected chi connectivity index (χ0v) is 12.1. The lowest BCUT2D eigenvalue weighted by Gasteiger charge is -2.23. The van der Waals surface area contributed by atoms with E-state index in [1.54, 1.807) is 29.3 Å². The molecule has 108 valence electrons. The molecule has 0 radical (unpaired) electrons. The minimum absolute atomic E-state index is 0.153. The predicted molar refractivity (Wildman–Crippen MR) is 78.5 cm³/mol. The molecule has 5 heteroatoms. The molecule has 2 aromatic rings. The van der Waals surface area contributed by atoms with Gasteiger partial charge in [0.15, 0.2) is 0 Å². The van der Waals surface area contributed by atoms with E-state index >= 15 is 0 Å². The molecule has 3 nitrogen and oxygen atoms in total. The second-order valence-corrected chi connectivity index (χ2v) is 5.49. The number of carbonyl (C=O) groups excluding carboxylic acids is 1. The highest BCUT2D eigenvalue weighted by Crippen LogP contribution is 2.30. The number of carbonyl (C=O) groups is 1.